The Bertz CT molecular complexity index is 505. The van der Waals surface area contributed by atoms with Gasteiger partial charge in [-0.15, -0.1) is 5.10 Å². The lowest BCUT2D eigenvalue weighted by molar-refractivity contribution is -0.145. The van der Waals surface area contributed by atoms with Gasteiger partial charge in [-0.3, -0.25) is 14.5 Å². The second-order valence-corrected chi connectivity index (χ2v) is 5.54. The van der Waals surface area contributed by atoms with Gasteiger partial charge in [0, 0.05) is 12.6 Å². The van der Waals surface area contributed by atoms with Crippen molar-refractivity contribution < 1.29 is 14.3 Å². The van der Waals surface area contributed by atoms with E-state index < -0.39 is 0 Å². The van der Waals surface area contributed by atoms with Crippen LogP contribution in [0.5, 0.6) is 0 Å². The number of nitrogens with zero attached hydrogens (tertiary/aromatic N) is 3. The molecule has 1 amide bonds. The van der Waals surface area contributed by atoms with Gasteiger partial charge in [0.05, 0.1) is 12.8 Å². The molecule has 0 unspecified atom stereocenters. The Hall–Kier alpha value is -1.54. The van der Waals surface area contributed by atoms with Gasteiger partial charge in [-0.1, -0.05) is 11.4 Å². The molecule has 0 aliphatic carbocycles. The molecule has 0 aromatic carbocycles. The van der Waals surface area contributed by atoms with Gasteiger partial charge >= 0.3 is 5.97 Å². The molecule has 1 aromatic heterocycles. The average molecular weight is 298 g/mol. The van der Waals surface area contributed by atoms with E-state index >= 15 is 0 Å². The fourth-order valence-electron chi connectivity index (χ4n) is 2.38. The molecule has 2 atom stereocenters. The number of methoxy groups -OCH3 is 1. The molecular weight excluding hydrogens is 280 g/mol. The third kappa shape index (κ3) is 2.96. The highest BCUT2D eigenvalue weighted by atomic mass is 32.1. The monoisotopic (exact) mass is 298 g/mol. The van der Waals surface area contributed by atoms with Crippen LogP contribution in [0.1, 0.15) is 28.7 Å². The number of nitrogens with one attached hydrogen (secondary N) is 1. The van der Waals surface area contributed by atoms with Crippen LogP contribution >= 0.6 is 11.5 Å². The third-order valence-electron chi connectivity index (χ3n) is 3.45. The number of likely N-dealkylation sites (tertiary alicyclic amines) is 1. The van der Waals surface area contributed by atoms with E-state index in [1.807, 2.05) is 18.9 Å². The lowest BCUT2D eigenvalue weighted by Gasteiger charge is -2.15. The van der Waals surface area contributed by atoms with E-state index in [2.05, 4.69) is 14.9 Å². The maximum Gasteiger partial charge on any atom is 0.323 e. The highest BCUT2D eigenvalue weighted by Crippen LogP contribution is 2.18. The minimum absolute atomic E-state index is 0.0663. The van der Waals surface area contributed by atoms with Crippen LogP contribution in [0.15, 0.2) is 0 Å². The summed E-state index contributed by atoms with van der Waals surface area (Å²) in [6.07, 6.45) is 1.23. The Balaban J connectivity index is 1.98. The van der Waals surface area contributed by atoms with E-state index in [1.54, 1.807) is 0 Å². The molecule has 0 saturated carbocycles. The average Bonchev–Trinajstić information content (AvgIpc) is 3.04. The summed E-state index contributed by atoms with van der Waals surface area (Å²) in [5.74, 6) is -0.432. The fraction of sp³-hybridized carbons (Fsp3) is 0.667. The molecule has 2 rings (SSSR count). The molecule has 8 heteroatoms. The molecule has 0 spiro atoms. The number of ether oxygens (including phenoxy) is 1. The number of likely N-dealkylation sites (N-methyl/N-ethyl adjacent to an activating group) is 1. The van der Waals surface area contributed by atoms with Crippen molar-refractivity contribution in [2.45, 2.75) is 31.8 Å². The standard InChI is InChI=1S/C12H18N4O3S/c1-4-8-10(20-15-14-8)11(17)13-7-5-9(12(18)19-3)16(2)6-7/h7,9H,4-6H2,1-3H3,(H,13,17)/t7-,9-/m0/s1. The number of hydrogen-bond acceptors (Lipinski definition) is 7. The smallest absolute Gasteiger partial charge is 0.323 e. The van der Waals surface area contributed by atoms with Crippen LogP contribution in [0, 0.1) is 0 Å². The van der Waals surface area contributed by atoms with Crippen LogP contribution in [-0.2, 0) is 16.0 Å². The van der Waals surface area contributed by atoms with E-state index in [0.29, 0.717) is 30.0 Å². The molecule has 1 fully saturated rings. The maximum atomic E-state index is 12.2. The zero-order valence-corrected chi connectivity index (χ0v) is 12.6. The zero-order chi connectivity index (χ0) is 14.7. The molecule has 0 bridgehead atoms. The second kappa shape index (κ2) is 6.27. The number of carbonyl (C=O) groups excluding carboxylic acids is 2. The first-order valence-electron chi connectivity index (χ1n) is 6.47. The zero-order valence-electron chi connectivity index (χ0n) is 11.8. The molecule has 1 aliphatic heterocycles. The Labute approximate surface area is 121 Å². The first-order chi connectivity index (χ1) is 9.56. The van der Waals surface area contributed by atoms with Crippen molar-refractivity contribution in [3.8, 4) is 0 Å². The number of rotatable bonds is 4. The summed E-state index contributed by atoms with van der Waals surface area (Å²) in [7, 11) is 3.22. The van der Waals surface area contributed by atoms with E-state index in [9.17, 15) is 9.59 Å². The van der Waals surface area contributed by atoms with Crippen LogP contribution in [0.3, 0.4) is 0 Å². The number of aromatic nitrogens is 2. The lowest BCUT2D eigenvalue weighted by atomic mass is 10.1. The first kappa shape index (κ1) is 14.9. The molecular formula is C12H18N4O3S. The molecule has 0 radical (unpaired) electrons. The topological polar surface area (TPSA) is 84.4 Å². The van der Waals surface area contributed by atoms with Crippen molar-refractivity contribution in [1.82, 2.24) is 19.8 Å². The summed E-state index contributed by atoms with van der Waals surface area (Å²) in [4.78, 5) is 26.2. The highest BCUT2D eigenvalue weighted by Gasteiger charge is 2.36. The van der Waals surface area contributed by atoms with Gasteiger partial charge < -0.3 is 10.1 Å². The number of hydrogen-bond donors (Lipinski definition) is 1. The van der Waals surface area contributed by atoms with Crippen LogP contribution in [0.2, 0.25) is 0 Å². The Morgan fingerprint density at radius 3 is 2.95 bits per heavy atom. The number of esters is 1. The number of aryl methyl sites for hydroxylation is 1. The summed E-state index contributed by atoms with van der Waals surface area (Å²) in [5, 5.41) is 6.86. The van der Waals surface area contributed by atoms with Gasteiger partial charge in [0.15, 0.2) is 0 Å². The van der Waals surface area contributed by atoms with Gasteiger partial charge in [0.25, 0.3) is 5.91 Å². The molecule has 1 N–H and O–H groups in total. The number of carbonyl (C=O) groups is 2. The minimum atomic E-state index is -0.296. The normalized spacial score (nSPS) is 22.8. The van der Waals surface area contributed by atoms with Crippen molar-refractivity contribution in [1.29, 1.82) is 0 Å². The van der Waals surface area contributed by atoms with Crippen LogP contribution < -0.4 is 5.32 Å². The van der Waals surface area contributed by atoms with E-state index in [4.69, 9.17) is 4.74 Å². The van der Waals surface area contributed by atoms with Crippen LogP contribution in [0.25, 0.3) is 0 Å². The molecule has 1 aliphatic rings. The first-order valence-corrected chi connectivity index (χ1v) is 7.24. The molecule has 110 valence electrons. The van der Waals surface area contributed by atoms with Crippen molar-refractivity contribution in [2.24, 2.45) is 0 Å². The SMILES string of the molecule is CCc1nnsc1C(=O)N[C@H]1C[C@@H](C(=O)OC)N(C)C1. The molecule has 20 heavy (non-hydrogen) atoms. The van der Waals surface area contributed by atoms with E-state index in [0.717, 1.165) is 11.5 Å². The van der Waals surface area contributed by atoms with Crippen LogP contribution in [-0.4, -0.2) is 59.1 Å². The van der Waals surface area contributed by atoms with Crippen molar-refractivity contribution in [2.75, 3.05) is 20.7 Å². The largest absolute Gasteiger partial charge is 0.468 e. The van der Waals surface area contributed by atoms with Crippen molar-refractivity contribution in [3.05, 3.63) is 10.6 Å². The molecule has 7 nitrogen and oxygen atoms in total. The van der Waals surface area contributed by atoms with Gasteiger partial charge in [-0.05, 0) is 31.4 Å². The predicted molar refractivity (Wildman–Crippen MR) is 73.6 cm³/mol. The van der Waals surface area contributed by atoms with Crippen molar-refractivity contribution in [3.63, 3.8) is 0 Å². The maximum absolute atomic E-state index is 12.2. The molecule has 1 saturated heterocycles. The Kier molecular flexibility index (Phi) is 4.66. The second-order valence-electron chi connectivity index (χ2n) is 4.79. The van der Waals surface area contributed by atoms with E-state index in [1.165, 1.54) is 7.11 Å². The lowest BCUT2D eigenvalue weighted by Crippen LogP contribution is -2.36. The minimum Gasteiger partial charge on any atom is -0.468 e. The molecule has 1 aromatic rings. The summed E-state index contributed by atoms with van der Waals surface area (Å²) >= 11 is 1.10. The van der Waals surface area contributed by atoms with Crippen LogP contribution in [0.4, 0.5) is 0 Å². The van der Waals surface area contributed by atoms with Crippen molar-refractivity contribution >= 4 is 23.4 Å². The van der Waals surface area contributed by atoms with E-state index in [-0.39, 0.29) is 24.0 Å². The van der Waals surface area contributed by atoms with Gasteiger partial charge in [0.1, 0.15) is 10.9 Å². The highest BCUT2D eigenvalue weighted by molar-refractivity contribution is 7.08. The fourth-order valence-corrected chi connectivity index (χ4v) is 3.03. The summed E-state index contributed by atoms with van der Waals surface area (Å²) < 4.78 is 8.56. The molecule has 2 heterocycles. The third-order valence-corrected chi connectivity index (χ3v) is 4.22. The quantitative estimate of drug-likeness (QED) is 0.792. The Morgan fingerprint density at radius 1 is 1.55 bits per heavy atom. The van der Waals surface area contributed by atoms with Gasteiger partial charge in [-0.25, -0.2) is 0 Å². The number of amides is 1. The summed E-state index contributed by atoms with van der Waals surface area (Å²) in [6.45, 7) is 2.56. The van der Waals surface area contributed by atoms with Gasteiger partial charge in [0.2, 0.25) is 0 Å². The summed E-state index contributed by atoms with van der Waals surface area (Å²) in [5.41, 5.74) is 0.711. The summed E-state index contributed by atoms with van der Waals surface area (Å²) in [6, 6.07) is -0.362. The Morgan fingerprint density at radius 2 is 2.30 bits per heavy atom. The predicted octanol–water partition coefficient (Wildman–Crippen LogP) is 0.0760. The van der Waals surface area contributed by atoms with Gasteiger partial charge in [-0.2, -0.15) is 0 Å².